The Morgan fingerprint density at radius 3 is 2.73 bits per heavy atom. The number of piperidine rings is 1. The van der Waals surface area contributed by atoms with Crippen LogP contribution in [0.2, 0.25) is 0 Å². The van der Waals surface area contributed by atoms with Crippen LogP contribution in [0.15, 0.2) is 23.0 Å². The molecule has 8 nitrogen and oxygen atoms in total. The molecule has 0 unspecified atom stereocenters. The predicted molar refractivity (Wildman–Crippen MR) is 96.5 cm³/mol. The van der Waals surface area contributed by atoms with Gasteiger partial charge in [0.15, 0.2) is 5.82 Å². The Balaban J connectivity index is 1.42. The van der Waals surface area contributed by atoms with Gasteiger partial charge in [0.2, 0.25) is 5.89 Å². The van der Waals surface area contributed by atoms with Gasteiger partial charge in [0, 0.05) is 37.9 Å². The molecule has 26 heavy (non-hydrogen) atoms. The fraction of sp³-hybridized carbons (Fsp3) is 0.667. The molecule has 1 saturated heterocycles. The Kier molecular flexibility index (Phi) is 5.90. The maximum atomic E-state index is 12.5. The van der Waals surface area contributed by atoms with Crippen molar-refractivity contribution in [1.29, 1.82) is 0 Å². The standard InChI is InChI=1S/C18H28N6O2/c1-13(2)16-21-17(26-22-16)14(3)20-18(25)23-10-5-15(6-11-23)7-12-24-9-4-8-19-24/h4,8-9,13-15H,5-7,10-12H2,1-3H3,(H,20,25)/t14-/m1/s1. The van der Waals surface area contributed by atoms with Crippen LogP contribution in [0, 0.1) is 5.92 Å². The van der Waals surface area contributed by atoms with Gasteiger partial charge in [-0.3, -0.25) is 4.68 Å². The third-order valence-corrected chi connectivity index (χ3v) is 4.91. The number of amides is 2. The van der Waals surface area contributed by atoms with E-state index in [2.05, 4.69) is 20.6 Å². The Labute approximate surface area is 153 Å². The second kappa shape index (κ2) is 8.33. The van der Waals surface area contributed by atoms with Gasteiger partial charge in [-0.1, -0.05) is 19.0 Å². The molecule has 1 N–H and O–H groups in total. The van der Waals surface area contributed by atoms with Crippen LogP contribution in [-0.2, 0) is 6.54 Å². The zero-order valence-corrected chi connectivity index (χ0v) is 15.8. The average Bonchev–Trinajstić information content (AvgIpc) is 3.32. The molecule has 0 aromatic carbocycles. The number of nitrogens with zero attached hydrogens (tertiary/aromatic N) is 5. The first-order chi connectivity index (χ1) is 12.5. The molecule has 1 fully saturated rings. The Hall–Kier alpha value is -2.38. The molecule has 1 aliphatic heterocycles. The van der Waals surface area contributed by atoms with Crippen LogP contribution in [-0.4, -0.2) is 43.9 Å². The van der Waals surface area contributed by atoms with Crippen LogP contribution in [0.1, 0.15) is 63.7 Å². The van der Waals surface area contributed by atoms with Crippen molar-refractivity contribution in [3.63, 3.8) is 0 Å². The summed E-state index contributed by atoms with van der Waals surface area (Å²) in [5.41, 5.74) is 0. The zero-order chi connectivity index (χ0) is 18.5. The van der Waals surface area contributed by atoms with Crippen LogP contribution in [0.4, 0.5) is 4.79 Å². The van der Waals surface area contributed by atoms with Gasteiger partial charge in [0.1, 0.15) is 6.04 Å². The number of urea groups is 1. The highest BCUT2D eigenvalue weighted by atomic mass is 16.5. The minimum Gasteiger partial charge on any atom is -0.337 e. The van der Waals surface area contributed by atoms with Crippen LogP contribution >= 0.6 is 0 Å². The average molecular weight is 360 g/mol. The number of likely N-dealkylation sites (tertiary alicyclic amines) is 1. The highest BCUT2D eigenvalue weighted by molar-refractivity contribution is 5.74. The summed E-state index contributed by atoms with van der Waals surface area (Å²) in [5, 5.41) is 11.2. The molecule has 0 saturated carbocycles. The molecule has 0 spiro atoms. The summed E-state index contributed by atoms with van der Waals surface area (Å²) in [7, 11) is 0. The zero-order valence-electron chi connectivity index (χ0n) is 15.8. The molecule has 2 aromatic heterocycles. The molecular formula is C18H28N6O2. The van der Waals surface area contributed by atoms with Crippen molar-refractivity contribution in [2.45, 2.75) is 58.5 Å². The molecule has 2 amide bonds. The van der Waals surface area contributed by atoms with E-state index in [0.717, 1.165) is 38.9 Å². The number of hydrogen-bond acceptors (Lipinski definition) is 5. The van der Waals surface area contributed by atoms with E-state index in [0.29, 0.717) is 17.6 Å². The summed E-state index contributed by atoms with van der Waals surface area (Å²) in [6.07, 6.45) is 6.96. The maximum Gasteiger partial charge on any atom is 0.318 e. The smallest absolute Gasteiger partial charge is 0.318 e. The molecule has 1 atom stereocenters. The number of carbonyl (C=O) groups excluding carboxylic acids is 1. The second-order valence-corrected chi connectivity index (χ2v) is 7.30. The van der Waals surface area contributed by atoms with E-state index in [1.54, 1.807) is 0 Å². The molecular weight excluding hydrogens is 332 g/mol. The first-order valence-electron chi connectivity index (χ1n) is 9.39. The van der Waals surface area contributed by atoms with E-state index in [1.807, 2.05) is 48.8 Å². The lowest BCUT2D eigenvalue weighted by Gasteiger charge is -2.32. The van der Waals surface area contributed by atoms with Gasteiger partial charge >= 0.3 is 6.03 Å². The van der Waals surface area contributed by atoms with Crippen molar-refractivity contribution in [1.82, 2.24) is 30.1 Å². The highest BCUT2D eigenvalue weighted by Crippen LogP contribution is 2.22. The molecule has 2 aromatic rings. The van der Waals surface area contributed by atoms with Crippen molar-refractivity contribution >= 4 is 6.03 Å². The summed E-state index contributed by atoms with van der Waals surface area (Å²) in [6, 6.07) is 1.59. The number of aryl methyl sites for hydroxylation is 1. The summed E-state index contributed by atoms with van der Waals surface area (Å²) in [5.74, 6) is 1.97. The van der Waals surface area contributed by atoms with Crippen molar-refractivity contribution in [3.05, 3.63) is 30.2 Å². The summed E-state index contributed by atoms with van der Waals surface area (Å²) in [6.45, 7) is 8.39. The largest absolute Gasteiger partial charge is 0.337 e. The SMILES string of the molecule is CC(C)c1noc([C@@H](C)NC(=O)N2CCC(CCn3cccn3)CC2)n1. The molecule has 0 radical (unpaired) electrons. The molecule has 3 rings (SSSR count). The first-order valence-corrected chi connectivity index (χ1v) is 9.39. The number of aromatic nitrogens is 4. The highest BCUT2D eigenvalue weighted by Gasteiger charge is 2.25. The molecule has 1 aliphatic rings. The fourth-order valence-electron chi connectivity index (χ4n) is 3.17. The van der Waals surface area contributed by atoms with E-state index < -0.39 is 0 Å². The molecule has 0 aliphatic carbocycles. The van der Waals surface area contributed by atoms with Gasteiger partial charge < -0.3 is 14.7 Å². The maximum absolute atomic E-state index is 12.5. The van der Waals surface area contributed by atoms with Gasteiger partial charge in [-0.25, -0.2) is 4.79 Å². The van der Waals surface area contributed by atoms with Crippen LogP contribution in [0.3, 0.4) is 0 Å². The molecule has 142 valence electrons. The molecule has 8 heteroatoms. The minimum absolute atomic E-state index is 0.0627. The van der Waals surface area contributed by atoms with Gasteiger partial charge in [-0.15, -0.1) is 0 Å². The summed E-state index contributed by atoms with van der Waals surface area (Å²) in [4.78, 5) is 18.7. The quantitative estimate of drug-likeness (QED) is 0.855. The predicted octanol–water partition coefficient (Wildman–Crippen LogP) is 2.96. The van der Waals surface area contributed by atoms with E-state index in [9.17, 15) is 4.79 Å². The third-order valence-electron chi connectivity index (χ3n) is 4.91. The van der Waals surface area contributed by atoms with Crippen molar-refractivity contribution in [2.24, 2.45) is 5.92 Å². The van der Waals surface area contributed by atoms with Gasteiger partial charge in [-0.2, -0.15) is 10.1 Å². The number of hydrogen-bond donors (Lipinski definition) is 1. The van der Waals surface area contributed by atoms with Crippen LogP contribution < -0.4 is 5.32 Å². The summed E-state index contributed by atoms with van der Waals surface area (Å²) < 4.78 is 7.23. The van der Waals surface area contributed by atoms with E-state index in [-0.39, 0.29) is 18.0 Å². The monoisotopic (exact) mass is 360 g/mol. The Morgan fingerprint density at radius 1 is 1.35 bits per heavy atom. The van der Waals surface area contributed by atoms with Gasteiger partial charge in [0.25, 0.3) is 0 Å². The minimum atomic E-state index is -0.292. The number of carbonyl (C=O) groups is 1. The normalized spacial score (nSPS) is 16.8. The number of nitrogens with one attached hydrogen (secondary N) is 1. The lowest BCUT2D eigenvalue weighted by atomic mass is 9.94. The van der Waals surface area contributed by atoms with E-state index >= 15 is 0 Å². The Morgan fingerprint density at radius 2 is 2.12 bits per heavy atom. The second-order valence-electron chi connectivity index (χ2n) is 7.30. The van der Waals surface area contributed by atoms with Crippen LogP contribution in [0.5, 0.6) is 0 Å². The fourth-order valence-corrected chi connectivity index (χ4v) is 3.17. The van der Waals surface area contributed by atoms with Gasteiger partial charge in [-0.05, 0) is 38.2 Å². The van der Waals surface area contributed by atoms with Crippen molar-refractivity contribution in [2.75, 3.05) is 13.1 Å². The van der Waals surface area contributed by atoms with Crippen molar-refractivity contribution < 1.29 is 9.32 Å². The summed E-state index contributed by atoms with van der Waals surface area (Å²) >= 11 is 0. The topological polar surface area (TPSA) is 89.1 Å². The van der Waals surface area contributed by atoms with Gasteiger partial charge in [0.05, 0.1) is 0 Å². The third kappa shape index (κ3) is 4.62. The van der Waals surface area contributed by atoms with E-state index in [4.69, 9.17) is 4.52 Å². The van der Waals surface area contributed by atoms with E-state index in [1.165, 1.54) is 0 Å². The lowest BCUT2D eigenvalue weighted by Crippen LogP contribution is -2.45. The Bertz CT molecular complexity index is 688. The number of rotatable bonds is 6. The molecule has 3 heterocycles. The first kappa shape index (κ1) is 18.4. The van der Waals surface area contributed by atoms with Crippen LogP contribution in [0.25, 0.3) is 0 Å². The molecule has 0 bridgehead atoms. The lowest BCUT2D eigenvalue weighted by molar-refractivity contribution is 0.161. The van der Waals surface area contributed by atoms with Crippen molar-refractivity contribution in [3.8, 4) is 0 Å².